The zero-order valence-electron chi connectivity index (χ0n) is 14.7. The SMILES string of the molecule is O=C(O)c1ccc(N2N=C(c3ccc4c(c3)OCO4)CC2c2cccs2)cc1. The molecule has 2 aliphatic heterocycles. The fourth-order valence-corrected chi connectivity index (χ4v) is 4.27. The van der Waals surface area contributed by atoms with E-state index in [0.29, 0.717) is 0 Å². The van der Waals surface area contributed by atoms with Crippen LogP contribution in [-0.2, 0) is 0 Å². The number of rotatable bonds is 4. The van der Waals surface area contributed by atoms with Crippen LogP contribution >= 0.6 is 11.3 Å². The molecule has 2 aromatic carbocycles. The first-order valence-electron chi connectivity index (χ1n) is 8.82. The number of benzene rings is 2. The molecule has 0 spiro atoms. The highest BCUT2D eigenvalue weighted by Crippen LogP contribution is 2.40. The maximum Gasteiger partial charge on any atom is 0.335 e. The summed E-state index contributed by atoms with van der Waals surface area (Å²) in [6.45, 7) is 0.241. The van der Waals surface area contributed by atoms with Crippen molar-refractivity contribution in [2.75, 3.05) is 11.8 Å². The minimum atomic E-state index is -0.938. The second-order valence-electron chi connectivity index (χ2n) is 6.55. The van der Waals surface area contributed by atoms with Crippen molar-refractivity contribution in [2.24, 2.45) is 5.10 Å². The van der Waals surface area contributed by atoms with Crippen molar-refractivity contribution in [3.05, 3.63) is 76.0 Å². The predicted octanol–water partition coefficient (Wildman–Crippen LogP) is 4.53. The molecule has 1 aromatic heterocycles. The van der Waals surface area contributed by atoms with Gasteiger partial charge in [-0.15, -0.1) is 11.3 Å². The molecule has 0 bridgehead atoms. The minimum Gasteiger partial charge on any atom is -0.478 e. The monoisotopic (exact) mass is 392 g/mol. The molecule has 0 saturated heterocycles. The summed E-state index contributed by atoms with van der Waals surface area (Å²) in [6.07, 6.45) is 0.751. The molecule has 28 heavy (non-hydrogen) atoms. The topological polar surface area (TPSA) is 71.4 Å². The van der Waals surface area contributed by atoms with E-state index in [9.17, 15) is 4.79 Å². The van der Waals surface area contributed by atoms with Crippen LogP contribution in [0.3, 0.4) is 0 Å². The summed E-state index contributed by atoms with van der Waals surface area (Å²) in [5.41, 5.74) is 3.07. The highest BCUT2D eigenvalue weighted by molar-refractivity contribution is 7.10. The van der Waals surface area contributed by atoms with Gasteiger partial charge >= 0.3 is 5.97 Å². The second kappa shape index (κ2) is 6.69. The molecule has 1 N–H and O–H groups in total. The molecule has 6 nitrogen and oxygen atoms in total. The molecule has 3 heterocycles. The normalized spacial score (nSPS) is 17.6. The van der Waals surface area contributed by atoms with Crippen LogP contribution in [0.1, 0.15) is 33.3 Å². The van der Waals surface area contributed by atoms with E-state index in [1.807, 2.05) is 29.3 Å². The van der Waals surface area contributed by atoms with E-state index < -0.39 is 5.97 Å². The Labute approximate surface area is 165 Å². The van der Waals surface area contributed by atoms with Gasteiger partial charge in [0.2, 0.25) is 6.79 Å². The third kappa shape index (κ3) is 2.90. The lowest BCUT2D eigenvalue weighted by Gasteiger charge is -2.22. The predicted molar refractivity (Wildman–Crippen MR) is 107 cm³/mol. The number of carboxylic acid groups (broad SMARTS) is 1. The largest absolute Gasteiger partial charge is 0.478 e. The summed E-state index contributed by atoms with van der Waals surface area (Å²) in [5.74, 6) is 0.544. The van der Waals surface area contributed by atoms with E-state index in [2.05, 4.69) is 11.4 Å². The Morgan fingerprint density at radius 1 is 1.11 bits per heavy atom. The number of hydrogen-bond donors (Lipinski definition) is 1. The zero-order chi connectivity index (χ0) is 19.1. The average Bonchev–Trinajstić information content (AvgIpc) is 3.47. The number of thiophene rings is 1. The van der Waals surface area contributed by atoms with E-state index in [0.717, 1.165) is 34.9 Å². The van der Waals surface area contributed by atoms with Crippen LogP contribution in [0.15, 0.2) is 65.1 Å². The Morgan fingerprint density at radius 2 is 1.93 bits per heavy atom. The third-order valence-corrected chi connectivity index (χ3v) is 5.84. The second-order valence-corrected chi connectivity index (χ2v) is 7.53. The molecule has 0 saturated carbocycles. The van der Waals surface area contributed by atoms with Gasteiger partial charge in [-0.3, -0.25) is 5.01 Å². The Bertz CT molecular complexity index is 1060. The van der Waals surface area contributed by atoms with Crippen molar-refractivity contribution in [3.63, 3.8) is 0 Å². The fourth-order valence-electron chi connectivity index (χ4n) is 3.46. The van der Waals surface area contributed by atoms with E-state index in [4.69, 9.17) is 19.7 Å². The standard InChI is InChI=1S/C21H16N2O4S/c24-21(25)13-3-6-15(7-4-13)23-17(20-2-1-9-28-20)11-16(22-23)14-5-8-18-19(10-14)27-12-26-18/h1-10,17H,11-12H2,(H,24,25). The van der Waals surface area contributed by atoms with Crippen LogP contribution in [0.4, 0.5) is 5.69 Å². The molecule has 0 radical (unpaired) electrons. The zero-order valence-corrected chi connectivity index (χ0v) is 15.6. The number of fused-ring (bicyclic) bond motifs is 1. The highest BCUT2D eigenvalue weighted by Gasteiger charge is 2.31. The highest BCUT2D eigenvalue weighted by atomic mass is 32.1. The van der Waals surface area contributed by atoms with Crippen LogP contribution in [0.5, 0.6) is 11.5 Å². The molecule has 0 aliphatic carbocycles. The Hall–Kier alpha value is -3.32. The van der Waals surface area contributed by atoms with Gasteiger partial charge in [0.1, 0.15) is 0 Å². The Balaban J connectivity index is 1.52. The van der Waals surface area contributed by atoms with Gasteiger partial charge in [-0.25, -0.2) is 4.79 Å². The number of carbonyl (C=O) groups is 1. The summed E-state index contributed by atoms with van der Waals surface area (Å²) < 4.78 is 10.9. The molecule has 1 atom stereocenters. The van der Waals surface area contributed by atoms with Gasteiger partial charge in [-0.1, -0.05) is 6.07 Å². The van der Waals surface area contributed by atoms with Crippen molar-refractivity contribution < 1.29 is 19.4 Å². The maximum atomic E-state index is 11.2. The molecular weight excluding hydrogens is 376 g/mol. The van der Waals surface area contributed by atoms with Crippen molar-refractivity contribution >= 4 is 28.7 Å². The van der Waals surface area contributed by atoms with Gasteiger partial charge in [0, 0.05) is 16.9 Å². The van der Waals surface area contributed by atoms with Gasteiger partial charge in [0.25, 0.3) is 0 Å². The van der Waals surface area contributed by atoms with E-state index >= 15 is 0 Å². The molecule has 0 fully saturated rings. The smallest absolute Gasteiger partial charge is 0.335 e. The van der Waals surface area contributed by atoms with Crippen LogP contribution < -0.4 is 14.5 Å². The molecular formula is C21H16N2O4S. The molecule has 5 rings (SSSR count). The summed E-state index contributed by atoms with van der Waals surface area (Å²) in [6, 6.07) is 16.9. The Kier molecular flexibility index (Phi) is 4.02. The van der Waals surface area contributed by atoms with Crippen LogP contribution in [0.2, 0.25) is 0 Å². The number of ether oxygens (including phenoxy) is 2. The van der Waals surface area contributed by atoms with Gasteiger partial charge in [0.15, 0.2) is 11.5 Å². The van der Waals surface area contributed by atoms with E-state index in [-0.39, 0.29) is 18.4 Å². The van der Waals surface area contributed by atoms with Crippen molar-refractivity contribution in [1.82, 2.24) is 0 Å². The summed E-state index contributed by atoms with van der Waals surface area (Å²) in [4.78, 5) is 12.4. The lowest BCUT2D eigenvalue weighted by Crippen LogP contribution is -2.17. The average molecular weight is 392 g/mol. The molecule has 3 aromatic rings. The third-order valence-electron chi connectivity index (χ3n) is 4.87. The first-order valence-corrected chi connectivity index (χ1v) is 9.70. The molecule has 140 valence electrons. The van der Waals surface area contributed by atoms with Gasteiger partial charge in [-0.05, 0) is 53.9 Å². The summed E-state index contributed by atoms with van der Waals surface area (Å²) in [7, 11) is 0. The van der Waals surface area contributed by atoms with Gasteiger partial charge < -0.3 is 14.6 Å². The summed E-state index contributed by atoms with van der Waals surface area (Å²) >= 11 is 1.69. The number of nitrogens with zero attached hydrogens (tertiary/aromatic N) is 2. The lowest BCUT2D eigenvalue weighted by atomic mass is 10.0. The van der Waals surface area contributed by atoms with Gasteiger partial charge in [-0.2, -0.15) is 5.10 Å². The van der Waals surface area contributed by atoms with Gasteiger partial charge in [0.05, 0.1) is 23.0 Å². The van der Waals surface area contributed by atoms with Crippen LogP contribution in [-0.4, -0.2) is 23.6 Å². The van der Waals surface area contributed by atoms with Crippen LogP contribution in [0, 0.1) is 0 Å². The summed E-state index contributed by atoms with van der Waals surface area (Å²) in [5, 5.41) is 18.1. The van der Waals surface area contributed by atoms with Crippen molar-refractivity contribution in [3.8, 4) is 11.5 Å². The first kappa shape index (κ1) is 16.8. The molecule has 1 unspecified atom stereocenters. The minimum absolute atomic E-state index is 0.0658. The number of anilines is 1. The van der Waals surface area contributed by atoms with E-state index in [1.165, 1.54) is 4.88 Å². The number of aromatic carboxylic acids is 1. The number of carboxylic acids is 1. The molecule has 7 heteroatoms. The van der Waals surface area contributed by atoms with E-state index in [1.54, 1.807) is 35.6 Å². The first-order chi connectivity index (χ1) is 13.7. The molecule has 0 amide bonds. The lowest BCUT2D eigenvalue weighted by molar-refractivity contribution is 0.0697. The van der Waals surface area contributed by atoms with Crippen molar-refractivity contribution in [1.29, 1.82) is 0 Å². The maximum absolute atomic E-state index is 11.2. The van der Waals surface area contributed by atoms with Crippen molar-refractivity contribution in [2.45, 2.75) is 12.5 Å². The Morgan fingerprint density at radius 3 is 2.68 bits per heavy atom. The quantitative estimate of drug-likeness (QED) is 0.706. The van der Waals surface area contributed by atoms with Crippen LogP contribution in [0.25, 0.3) is 0 Å². The number of hydrogen-bond acceptors (Lipinski definition) is 6. The number of hydrazone groups is 1. The fraction of sp³-hybridized carbons (Fsp3) is 0.143. The molecule has 2 aliphatic rings.